The van der Waals surface area contributed by atoms with Crippen LogP contribution in [0.15, 0.2) is 30.3 Å². The Kier molecular flexibility index (Phi) is 43.3. The maximum atomic E-state index is 15.0. The minimum Gasteiger partial charge on any atom is -0.481 e. The van der Waals surface area contributed by atoms with Crippen molar-refractivity contribution < 1.29 is 152 Å². The molecule has 2 heterocycles. The molecule has 47 heteroatoms. The highest BCUT2D eigenvalue weighted by Crippen LogP contribution is 2.23. The fourth-order valence-corrected chi connectivity index (χ4v) is 12.3. The minimum atomic E-state index is -2.07. The van der Waals surface area contributed by atoms with Gasteiger partial charge in [-0.3, -0.25) is 95.9 Å². The lowest BCUT2D eigenvalue weighted by atomic mass is 10.0. The molecule has 2 aliphatic heterocycles. The number of carboxylic acid groups (broad SMARTS) is 7. The van der Waals surface area contributed by atoms with E-state index in [9.17, 15) is 147 Å². The molecule has 14 amide bonds. The van der Waals surface area contributed by atoms with Crippen LogP contribution in [0.25, 0.3) is 0 Å². The highest BCUT2D eigenvalue weighted by atomic mass is 16.4. The quantitative estimate of drug-likeness (QED) is 0.0269. The lowest BCUT2D eigenvalue weighted by Gasteiger charge is -2.31. The van der Waals surface area contributed by atoms with E-state index in [4.69, 9.17) is 16.6 Å². The van der Waals surface area contributed by atoms with Crippen LogP contribution in [0.2, 0.25) is 0 Å². The van der Waals surface area contributed by atoms with Crippen LogP contribution < -0.4 is 75.3 Å². The molecule has 0 radical (unpaired) electrons. The van der Waals surface area contributed by atoms with E-state index < -0.39 is 312 Å². The van der Waals surface area contributed by atoms with Gasteiger partial charge in [-0.25, -0.2) is 4.79 Å². The number of rotatable bonds is 55. The number of aliphatic hydroxyl groups excluding tert-OH is 3. The molecule has 14 unspecified atom stereocenters. The molecule has 3 rings (SSSR count). The Balaban J connectivity index is 1.90. The maximum Gasteiger partial charge on any atom is 0.326 e. The van der Waals surface area contributed by atoms with Gasteiger partial charge in [-0.05, 0) is 101 Å². The molecule has 14 atom stereocenters. The molecule has 2 aliphatic rings. The van der Waals surface area contributed by atoms with E-state index in [0.717, 1.165) is 9.80 Å². The Bertz CT molecular complexity index is 3740. The van der Waals surface area contributed by atoms with Crippen molar-refractivity contribution in [3.8, 4) is 0 Å². The summed E-state index contributed by atoms with van der Waals surface area (Å²) in [6, 6.07) is -16.6. The largest absolute Gasteiger partial charge is 0.481 e. The fourth-order valence-electron chi connectivity index (χ4n) is 12.3. The van der Waals surface area contributed by atoms with Gasteiger partial charge in [0.2, 0.25) is 82.7 Å². The van der Waals surface area contributed by atoms with E-state index in [1.807, 2.05) is 5.32 Å². The number of amides is 14. The first-order chi connectivity index (χ1) is 55.6. The average molecular weight is 1680 g/mol. The molecular formula is C71H106N16O31. The predicted octanol–water partition coefficient (Wildman–Crippen LogP) is -8.98. The lowest BCUT2D eigenvalue weighted by Crippen LogP contribution is -2.61. The molecule has 0 aliphatic carbocycles. The molecule has 0 aromatic heterocycles. The summed E-state index contributed by atoms with van der Waals surface area (Å²) in [7, 11) is 0. The normalized spacial score (nSPS) is 16.7. The SMILES string of the molecule is CC(C)CC(NC(=O)C(CCC(=O)O)NC(=O)C(CCC(=O)O)NC(=O)C1CCCN1C(=O)C(Cc1ccccc1)NC(=O)C(CC(=O)O)NC(=O)C1CCCN1C(=O)C(CO)NC(=O)C(CCC(=O)O)NC(=O)CNC(=O)C(CCC(=O)O)NC(=O)C(CO)NC(=O)C(N)CO)C(=O)NC(CCC(=O)O)C(=O)NC(CCCCN)C(=O)O. The number of carbonyl (C=O) groups is 21. The number of hydrogen-bond acceptors (Lipinski definition) is 26. The van der Waals surface area contributed by atoms with Crippen molar-refractivity contribution in [3.63, 3.8) is 0 Å². The van der Waals surface area contributed by atoms with Crippen molar-refractivity contribution in [2.75, 3.05) is 46.0 Å². The van der Waals surface area contributed by atoms with E-state index in [1.54, 1.807) is 32.0 Å². The van der Waals surface area contributed by atoms with E-state index in [1.165, 1.54) is 12.1 Å². The third kappa shape index (κ3) is 35.1. The second-order valence-corrected chi connectivity index (χ2v) is 28.2. The molecule has 2 saturated heterocycles. The zero-order chi connectivity index (χ0) is 88.6. The first kappa shape index (κ1) is 100. The van der Waals surface area contributed by atoms with Crippen LogP contribution in [0.5, 0.6) is 0 Å². The Morgan fingerprint density at radius 2 is 0.763 bits per heavy atom. The van der Waals surface area contributed by atoms with Crippen molar-refractivity contribution >= 4 is 124 Å². The number of unbranched alkanes of at least 4 members (excludes halogenated alkanes) is 1. The summed E-state index contributed by atoms with van der Waals surface area (Å²) < 4.78 is 0. The number of benzene rings is 1. The molecule has 656 valence electrons. The van der Waals surface area contributed by atoms with E-state index >= 15 is 0 Å². The first-order valence-corrected chi connectivity index (χ1v) is 37.7. The Hall–Kier alpha value is -12.1. The Labute approximate surface area is 673 Å². The number of hydrogen-bond donors (Lipinski definition) is 24. The monoisotopic (exact) mass is 1680 g/mol. The molecule has 0 bridgehead atoms. The van der Waals surface area contributed by atoms with Crippen LogP contribution >= 0.6 is 0 Å². The number of carboxylic acids is 7. The van der Waals surface area contributed by atoms with Gasteiger partial charge in [-0.15, -0.1) is 0 Å². The third-order valence-electron chi connectivity index (χ3n) is 18.5. The zero-order valence-electron chi connectivity index (χ0n) is 64.7. The number of nitrogens with zero attached hydrogens (tertiary/aromatic N) is 2. The maximum absolute atomic E-state index is 15.0. The molecule has 47 nitrogen and oxygen atoms in total. The number of aliphatic carboxylic acids is 7. The molecular weight excluding hydrogens is 1570 g/mol. The van der Waals surface area contributed by atoms with Crippen LogP contribution in [0.1, 0.15) is 141 Å². The Morgan fingerprint density at radius 1 is 0.398 bits per heavy atom. The van der Waals surface area contributed by atoms with Gasteiger partial charge >= 0.3 is 41.8 Å². The van der Waals surface area contributed by atoms with Gasteiger partial charge in [0.25, 0.3) is 0 Å². The fraction of sp³-hybridized carbons (Fsp3) is 0.620. The summed E-state index contributed by atoms with van der Waals surface area (Å²) in [5.41, 5.74) is 11.3. The summed E-state index contributed by atoms with van der Waals surface area (Å²) in [6.45, 7) is -1.30. The van der Waals surface area contributed by atoms with Gasteiger partial charge in [-0.2, -0.15) is 0 Å². The summed E-state index contributed by atoms with van der Waals surface area (Å²) in [6.07, 6.45) is -8.74. The van der Waals surface area contributed by atoms with Crippen molar-refractivity contribution in [2.45, 2.75) is 227 Å². The molecule has 26 N–H and O–H groups in total. The number of carbonyl (C=O) groups excluding carboxylic acids is 14. The highest BCUT2D eigenvalue weighted by molar-refractivity contribution is 6.01. The van der Waals surface area contributed by atoms with Crippen molar-refractivity contribution in [1.82, 2.24) is 73.6 Å². The summed E-state index contributed by atoms with van der Waals surface area (Å²) in [5, 5.41) is 124. The van der Waals surface area contributed by atoms with E-state index in [0.29, 0.717) is 12.0 Å². The average Bonchev–Trinajstić information content (AvgIpc) is 1.63. The molecule has 1 aromatic rings. The van der Waals surface area contributed by atoms with Gasteiger partial charge in [0.05, 0.1) is 32.8 Å². The van der Waals surface area contributed by atoms with Gasteiger partial charge in [0, 0.05) is 51.6 Å². The molecule has 118 heavy (non-hydrogen) atoms. The van der Waals surface area contributed by atoms with Crippen molar-refractivity contribution in [2.24, 2.45) is 17.4 Å². The van der Waals surface area contributed by atoms with Crippen molar-refractivity contribution in [1.29, 1.82) is 0 Å². The Morgan fingerprint density at radius 3 is 1.18 bits per heavy atom. The first-order valence-electron chi connectivity index (χ1n) is 37.7. The third-order valence-corrected chi connectivity index (χ3v) is 18.5. The molecule has 1 aromatic carbocycles. The van der Waals surface area contributed by atoms with Gasteiger partial charge in [0.1, 0.15) is 84.6 Å². The van der Waals surface area contributed by atoms with Crippen LogP contribution in [0.4, 0.5) is 0 Å². The van der Waals surface area contributed by atoms with Crippen LogP contribution in [-0.2, 0) is 107 Å². The molecule has 0 spiro atoms. The number of nitrogens with one attached hydrogen (secondary N) is 12. The van der Waals surface area contributed by atoms with Crippen LogP contribution in [-0.4, -0.2) is 316 Å². The smallest absolute Gasteiger partial charge is 0.326 e. The molecule has 0 saturated carbocycles. The second-order valence-electron chi connectivity index (χ2n) is 28.2. The van der Waals surface area contributed by atoms with E-state index in [-0.39, 0.29) is 71.0 Å². The lowest BCUT2D eigenvalue weighted by molar-refractivity contribution is -0.145. The summed E-state index contributed by atoms with van der Waals surface area (Å²) in [4.78, 5) is 279. The van der Waals surface area contributed by atoms with Crippen LogP contribution in [0, 0.1) is 5.92 Å². The number of likely N-dealkylation sites (tertiary alicyclic amines) is 2. The van der Waals surface area contributed by atoms with Crippen LogP contribution in [0.3, 0.4) is 0 Å². The topological polar surface area (TPSA) is 764 Å². The van der Waals surface area contributed by atoms with Gasteiger partial charge in [0.15, 0.2) is 0 Å². The second kappa shape index (κ2) is 51.1. The summed E-state index contributed by atoms with van der Waals surface area (Å²) >= 11 is 0. The standard InChI is InChI=1S/C71H106N16O31/c1-35(2)28-44(64(110)78-40(17-22-54(96)97)62(108)80-43(71(117)118)12-6-7-25-72)81-63(109)41(18-23-55(98)99)77-61(107)42(19-24-56(100)101)79-67(113)49-13-8-26-86(49)69(115)46(29-36-10-4-3-5-11-36)83-65(111)45(30-57(102)103)82-68(114)50-14-9-27-87(50)70(116)48(34-90)85-60(106)39(16-21-53(94)95)75-51(91)31-74-59(105)38(15-20-52(92)93)76-66(112)47(33-89)84-58(104)37(73)32-88/h3-5,10-11,35,37-50,88-90H,6-9,12-34,72-73H2,1-2H3,(H,74,105)(H,75,91)(H,76,112)(H,77,107)(H,78,110)(H,79,113)(H,80,108)(H,81,109)(H,82,114)(H,83,111)(H,84,104)(H,85,106)(H,92,93)(H,94,95)(H,96,97)(H,98,99)(H,100,101)(H,102,103)(H,117,118). The molecule has 2 fully saturated rings. The number of aliphatic hydroxyl groups is 3. The van der Waals surface area contributed by atoms with Crippen molar-refractivity contribution in [3.05, 3.63) is 35.9 Å². The zero-order valence-corrected chi connectivity index (χ0v) is 64.7. The van der Waals surface area contributed by atoms with Gasteiger partial charge in [-0.1, -0.05) is 44.2 Å². The summed E-state index contributed by atoms with van der Waals surface area (Å²) in [5.74, 6) is -27.5. The van der Waals surface area contributed by atoms with E-state index in [2.05, 4.69) is 58.5 Å². The van der Waals surface area contributed by atoms with Gasteiger partial charge < -0.3 is 136 Å². The predicted molar refractivity (Wildman–Crippen MR) is 400 cm³/mol. The highest BCUT2D eigenvalue weighted by Gasteiger charge is 2.44. The number of nitrogens with two attached hydrogens (primary N) is 2. The minimum absolute atomic E-state index is 0.0339.